The first kappa shape index (κ1) is 9.67. The fraction of sp³-hybridized carbons (Fsp3) is 0.200. The van der Waals surface area contributed by atoms with Crippen molar-refractivity contribution < 1.29 is 10.2 Å². The molecule has 0 saturated heterocycles. The lowest BCUT2D eigenvalue weighted by atomic mass is 10.3. The lowest BCUT2D eigenvalue weighted by molar-refractivity contribution is 0.276. The highest BCUT2D eigenvalue weighted by atomic mass is 16.3. The van der Waals surface area contributed by atoms with Gasteiger partial charge in [0.05, 0.1) is 18.0 Å². The van der Waals surface area contributed by atoms with Crippen molar-refractivity contribution in [1.82, 2.24) is 15.0 Å². The van der Waals surface area contributed by atoms with Gasteiger partial charge in [0.25, 0.3) is 0 Å². The van der Waals surface area contributed by atoms with E-state index >= 15 is 0 Å². The minimum Gasteiger partial charge on any atom is -0.508 e. The second-order valence-corrected chi connectivity index (χ2v) is 3.21. The Morgan fingerprint density at radius 3 is 2.80 bits per heavy atom. The average molecular weight is 205 g/mol. The molecule has 0 aliphatic carbocycles. The molecule has 0 aliphatic heterocycles. The monoisotopic (exact) mass is 205 g/mol. The van der Waals surface area contributed by atoms with Gasteiger partial charge in [0.1, 0.15) is 11.4 Å². The van der Waals surface area contributed by atoms with Crippen molar-refractivity contribution in [3.63, 3.8) is 0 Å². The van der Waals surface area contributed by atoms with Crippen molar-refractivity contribution in [2.24, 2.45) is 0 Å². The normalized spacial score (nSPS) is 10.5. The van der Waals surface area contributed by atoms with E-state index in [1.165, 1.54) is 0 Å². The van der Waals surface area contributed by atoms with Crippen molar-refractivity contribution >= 4 is 0 Å². The molecule has 0 spiro atoms. The number of benzene rings is 1. The van der Waals surface area contributed by atoms with Gasteiger partial charge in [-0.2, -0.15) is 0 Å². The predicted octanol–water partition coefficient (Wildman–Crippen LogP) is 0.774. The highest BCUT2D eigenvalue weighted by Crippen LogP contribution is 2.16. The summed E-state index contributed by atoms with van der Waals surface area (Å²) in [5.41, 5.74) is 2.03. The Hall–Kier alpha value is -1.88. The highest BCUT2D eigenvalue weighted by molar-refractivity contribution is 5.39. The van der Waals surface area contributed by atoms with Crippen molar-refractivity contribution in [2.75, 3.05) is 0 Å². The maximum Gasteiger partial charge on any atom is 0.117 e. The van der Waals surface area contributed by atoms with E-state index in [2.05, 4.69) is 10.3 Å². The lowest BCUT2D eigenvalue weighted by Gasteiger charge is -2.03. The van der Waals surface area contributed by atoms with Crippen LogP contribution in [-0.2, 0) is 6.61 Å². The van der Waals surface area contributed by atoms with Gasteiger partial charge in [0.2, 0.25) is 0 Å². The molecule has 0 atom stereocenters. The van der Waals surface area contributed by atoms with E-state index in [-0.39, 0.29) is 12.4 Å². The molecule has 5 heteroatoms. The zero-order valence-corrected chi connectivity index (χ0v) is 8.25. The van der Waals surface area contributed by atoms with Crippen LogP contribution in [0.1, 0.15) is 11.4 Å². The number of aliphatic hydroxyl groups excluding tert-OH is 1. The standard InChI is InChI=1S/C10H11N3O2/c1-7-10(6-14)11-12-13(7)8-3-2-4-9(15)5-8/h2-5,14-15H,6H2,1H3. The van der Waals surface area contributed by atoms with Crippen LogP contribution >= 0.6 is 0 Å². The summed E-state index contributed by atoms with van der Waals surface area (Å²) in [6, 6.07) is 6.71. The van der Waals surface area contributed by atoms with Gasteiger partial charge in [0.15, 0.2) is 0 Å². The summed E-state index contributed by atoms with van der Waals surface area (Å²) in [4.78, 5) is 0. The smallest absolute Gasteiger partial charge is 0.117 e. The van der Waals surface area contributed by atoms with Gasteiger partial charge in [-0.25, -0.2) is 4.68 Å². The van der Waals surface area contributed by atoms with Crippen LogP contribution in [0.3, 0.4) is 0 Å². The molecular weight excluding hydrogens is 194 g/mol. The summed E-state index contributed by atoms with van der Waals surface area (Å²) in [6.45, 7) is 1.68. The summed E-state index contributed by atoms with van der Waals surface area (Å²) in [5, 5.41) is 26.0. The van der Waals surface area contributed by atoms with Crippen LogP contribution in [0.25, 0.3) is 5.69 Å². The molecule has 0 bridgehead atoms. The second kappa shape index (κ2) is 3.70. The van der Waals surface area contributed by atoms with Gasteiger partial charge in [0, 0.05) is 6.07 Å². The Labute approximate surface area is 86.6 Å². The van der Waals surface area contributed by atoms with E-state index in [0.717, 1.165) is 11.4 Å². The number of phenols is 1. The van der Waals surface area contributed by atoms with E-state index in [1.807, 2.05) is 13.0 Å². The van der Waals surface area contributed by atoms with Gasteiger partial charge in [-0.1, -0.05) is 11.3 Å². The molecule has 0 aliphatic rings. The van der Waals surface area contributed by atoms with Gasteiger partial charge in [-0.05, 0) is 19.1 Å². The number of aromatic hydroxyl groups is 1. The average Bonchev–Trinajstić information content (AvgIpc) is 2.59. The first-order chi connectivity index (χ1) is 7.22. The number of phenolic OH excluding ortho intramolecular Hbond substituents is 1. The maximum absolute atomic E-state index is 9.32. The molecule has 0 unspecified atom stereocenters. The SMILES string of the molecule is Cc1c(CO)nnn1-c1cccc(O)c1. The Kier molecular flexibility index (Phi) is 2.39. The third-order valence-electron chi connectivity index (χ3n) is 2.21. The van der Waals surface area contributed by atoms with E-state index < -0.39 is 0 Å². The highest BCUT2D eigenvalue weighted by Gasteiger charge is 2.08. The third kappa shape index (κ3) is 1.69. The molecular formula is C10H11N3O2. The Morgan fingerprint density at radius 2 is 2.20 bits per heavy atom. The second-order valence-electron chi connectivity index (χ2n) is 3.21. The van der Waals surface area contributed by atoms with E-state index in [0.29, 0.717) is 5.69 Å². The molecule has 78 valence electrons. The number of hydrogen-bond donors (Lipinski definition) is 2. The Morgan fingerprint density at radius 1 is 1.40 bits per heavy atom. The summed E-state index contributed by atoms with van der Waals surface area (Å²) in [7, 11) is 0. The molecule has 2 N–H and O–H groups in total. The van der Waals surface area contributed by atoms with E-state index in [4.69, 9.17) is 5.11 Å². The van der Waals surface area contributed by atoms with Crippen LogP contribution in [0.2, 0.25) is 0 Å². The fourth-order valence-corrected chi connectivity index (χ4v) is 1.38. The zero-order valence-electron chi connectivity index (χ0n) is 8.25. The maximum atomic E-state index is 9.32. The van der Waals surface area contributed by atoms with Crippen LogP contribution < -0.4 is 0 Å². The fourth-order valence-electron chi connectivity index (χ4n) is 1.38. The summed E-state index contributed by atoms with van der Waals surface area (Å²) < 4.78 is 1.57. The molecule has 0 fully saturated rings. The van der Waals surface area contributed by atoms with Crippen LogP contribution in [0, 0.1) is 6.92 Å². The van der Waals surface area contributed by atoms with Gasteiger partial charge in [-0.3, -0.25) is 0 Å². The van der Waals surface area contributed by atoms with Crippen molar-refractivity contribution in [3.05, 3.63) is 35.7 Å². The minimum absolute atomic E-state index is 0.134. The van der Waals surface area contributed by atoms with Crippen LogP contribution in [0.15, 0.2) is 24.3 Å². The molecule has 2 rings (SSSR count). The molecule has 0 amide bonds. The number of aliphatic hydroxyl groups is 1. The summed E-state index contributed by atoms with van der Waals surface area (Å²) in [6.07, 6.45) is 0. The van der Waals surface area contributed by atoms with Gasteiger partial charge in [-0.15, -0.1) is 5.10 Å². The molecule has 1 aromatic carbocycles. The third-order valence-corrected chi connectivity index (χ3v) is 2.21. The summed E-state index contributed by atoms with van der Waals surface area (Å²) in [5.74, 6) is 0.174. The van der Waals surface area contributed by atoms with Crippen molar-refractivity contribution in [1.29, 1.82) is 0 Å². The zero-order chi connectivity index (χ0) is 10.8. The summed E-state index contributed by atoms with van der Waals surface area (Å²) >= 11 is 0. The minimum atomic E-state index is -0.134. The quantitative estimate of drug-likeness (QED) is 0.759. The molecule has 1 heterocycles. The number of aromatic nitrogens is 3. The molecule has 0 saturated carbocycles. The van der Waals surface area contributed by atoms with Crippen LogP contribution in [-0.4, -0.2) is 25.2 Å². The number of nitrogens with zero attached hydrogens (tertiary/aromatic N) is 3. The first-order valence-corrected chi connectivity index (χ1v) is 4.54. The molecule has 1 aromatic heterocycles. The molecule has 0 radical (unpaired) electrons. The molecule has 2 aromatic rings. The Bertz CT molecular complexity index is 479. The first-order valence-electron chi connectivity index (χ1n) is 4.54. The number of hydrogen-bond acceptors (Lipinski definition) is 4. The number of rotatable bonds is 2. The van der Waals surface area contributed by atoms with Gasteiger partial charge >= 0.3 is 0 Å². The molecule has 15 heavy (non-hydrogen) atoms. The molecule has 5 nitrogen and oxygen atoms in total. The van der Waals surface area contributed by atoms with E-state index in [9.17, 15) is 5.11 Å². The topological polar surface area (TPSA) is 71.2 Å². The van der Waals surface area contributed by atoms with Crippen molar-refractivity contribution in [2.45, 2.75) is 13.5 Å². The largest absolute Gasteiger partial charge is 0.508 e. The van der Waals surface area contributed by atoms with Crippen molar-refractivity contribution in [3.8, 4) is 11.4 Å². The predicted molar refractivity (Wildman–Crippen MR) is 53.7 cm³/mol. The Balaban J connectivity index is 2.49. The van der Waals surface area contributed by atoms with Gasteiger partial charge < -0.3 is 10.2 Å². The van der Waals surface area contributed by atoms with E-state index in [1.54, 1.807) is 22.9 Å². The lowest BCUT2D eigenvalue weighted by Crippen LogP contribution is -1.99. The van der Waals surface area contributed by atoms with Crippen LogP contribution in [0.5, 0.6) is 5.75 Å². The van der Waals surface area contributed by atoms with Crippen LogP contribution in [0.4, 0.5) is 0 Å².